The quantitative estimate of drug-likeness (QED) is 0.440. The number of halogens is 6. The minimum Gasteiger partial charge on any atom is -0.383 e. The second kappa shape index (κ2) is 8.50. The van der Waals surface area contributed by atoms with Crippen LogP contribution in [0.15, 0.2) is 36.5 Å². The van der Waals surface area contributed by atoms with Crippen LogP contribution in [0.4, 0.5) is 32.2 Å². The number of nitrogens with zero attached hydrogens (tertiary/aromatic N) is 3. The smallest absolute Gasteiger partial charge is 0.383 e. The topological polar surface area (TPSA) is 81.3 Å². The van der Waals surface area contributed by atoms with Gasteiger partial charge in [-0.05, 0) is 35.9 Å². The molecule has 1 atom stereocenters. The minimum absolute atomic E-state index is 0.113. The number of nitrogens with two attached hydrogens (primary N) is 1. The van der Waals surface area contributed by atoms with Crippen LogP contribution in [0.3, 0.4) is 0 Å². The second-order valence-corrected chi connectivity index (χ2v) is 7.36. The zero-order valence-corrected chi connectivity index (χ0v) is 16.7. The zero-order chi connectivity index (χ0) is 23.9. The molecule has 12 heteroatoms. The van der Waals surface area contributed by atoms with Gasteiger partial charge in [0, 0.05) is 22.7 Å². The number of fused-ring (bicyclic) bond motifs is 3. The Balaban J connectivity index is 1.68. The predicted octanol–water partition coefficient (Wildman–Crippen LogP) is 4.46. The van der Waals surface area contributed by atoms with E-state index in [0.717, 1.165) is 6.07 Å². The second-order valence-electron chi connectivity index (χ2n) is 7.36. The lowest BCUT2D eigenvalue weighted by Crippen LogP contribution is -2.41. The Morgan fingerprint density at radius 3 is 2.48 bits per heavy atom. The first-order chi connectivity index (χ1) is 15.6. The number of amides is 1. The molecule has 0 saturated heterocycles. The van der Waals surface area contributed by atoms with Crippen LogP contribution < -0.4 is 5.73 Å². The number of carbonyl (C=O) groups excluding carboxylic acids is 1. The van der Waals surface area contributed by atoms with Crippen LogP contribution in [0, 0.1) is 0 Å². The van der Waals surface area contributed by atoms with Crippen molar-refractivity contribution in [1.29, 1.82) is 0 Å². The van der Waals surface area contributed by atoms with E-state index in [4.69, 9.17) is 10.5 Å². The van der Waals surface area contributed by atoms with Crippen molar-refractivity contribution in [2.45, 2.75) is 38.7 Å². The molecule has 2 N–H and O–H groups in total. The standard InChI is InChI=1S/C21H16F6N4O2/c22-17(23)18(24)31(7-12-3-2-11(6-29-12)21(25,26)27)20(32)10-1-4-16-13(5-10)14-8-33-9-15(14)19(28)30-16/h1-6,17-18H,7-9H2,(H2,28,30). The molecule has 0 radical (unpaired) electrons. The summed E-state index contributed by atoms with van der Waals surface area (Å²) in [5, 5.41) is 0.502. The molecule has 1 aliphatic heterocycles. The lowest BCUT2D eigenvalue weighted by atomic mass is 10.0. The van der Waals surface area contributed by atoms with E-state index >= 15 is 0 Å². The van der Waals surface area contributed by atoms with Crippen LogP contribution in [0.25, 0.3) is 10.9 Å². The van der Waals surface area contributed by atoms with Gasteiger partial charge in [-0.2, -0.15) is 13.2 Å². The van der Waals surface area contributed by atoms with Gasteiger partial charge in [0.2, 0.25) is 6.30 Å². The lowest BCUT2D eigenvalue weighted by molar-refractivity contribution is -0.137. The summed E-state index contributed by atoms with van der Waals surface area (Å²) < 4.78 is 84.3. The largest absolute Gasteiger partial charge is 0.417 e. The number of hydrogen-bond donors (Lipinski definition) is 1. The molecule has 1 aromatic carbocycles. The van der Waals surface area contributed by atoms with Crippen molar-refractivity contribution in [3.05, 3.63) is 64.5 Å². The van der Waals surface area contributed by atoms with E-state index in [9.17, 15) is 31.1 Å². The molecule has 33 heavy (non-hydrogen) atoms. The number of nitrogen functional groups attached to an aromatic ring is 1. The first-order valence-electron chi connectivity index (χ1n) is 9.60. The molecule has 1 amide bonds. The zero-order valence-electron chi connectivity index (χ0n) is 16.7. The van der Waals surface area contributed by atoms with Crippen molar-refractivity contribution in [2.24, 2.45) is 0 Å². The molecular weight excluding hydrogens is 454 g/mol. The molecule has 0 aliphatic carbocycles. The van der Waals surface area contributed by atoms with Crippen molar-refractivity contribution in [3.8, 4) is 0 Å². The third-order valence-corrected chi connectivity index (χ3v) is 5.23. The third kappa shape index (κ3) is 4.42. The van der Waals surface area contributed by atoms with E-state index in [1.54, 1.807) is 0 Å². The van der Waals surface area contributed by atoms with Crippen LogP contribution >= 0.6 is 0 Å². The van der Waals surface area contributed by atoms with E-state index in [-0.39, 0.29) is 35.2 Å². The van der Waals surface area contributed by atoms with Gasteiger partial charge in [0.25, 0.3) is 12.3 Å². The summed E-state index contributed by atoms with van der Waals surface area (Å²) in [5.74, 6) is -0.818. The van der Waals surface area contributed by atoms with Gasteiger partial charge in [-0.3, -0.25) is 14.7 Å². The van der Waals surface area contributed by atoms with Crippen LogP contribution in [-0.4, -0.2) is 33.5 Å². The summed E-state index contributed by atoms with van der Waals surface area (Å²) in [6.45, 7) is -0.328. The van der Waals surface area contributed by atoms with Gasteiger partial charge in [-0.15, -0.1) is 0 Å². The molecule has 174 valence electrons. The Morgan fingerprint density at radius 2 is 1.85 bits per heavy atom. The number of pyridine rings is 2. The highest BCUT2D eigenvalue weighted by Gasteiger charge is 2.34. The van der Waals surface area contributed by atoms with Gasteiger partial charge in [-0.1, -0.05) is 0 Å². The van der Waals surface area contributed by atoms with Gasteiger partial charge < -0.3 is 10.5 Å². The fraction of sp³-hybridized carbons (Fsp3) is 0.286. The average molecular weight is 470 g/mol. The van der Waals surface area contributed by atoms with Crippen LogP contribution in [0.1, 0.15) is 32.7 Å². The fourth-order valence-corrected chi connectivity index (χ4v) is 3.54. The Labute approximate surface area is 183 Å². The Hall–Kier alpha value is -3.41. The first-order valence-corrected chi connectivity index (χ1v) is 9.60. The van der Waals surface area contributed by atoms with Gasteiger partial charge in [0.1, 0.15) is 5.82 Å². The Morgan fingerprint density at radius 1 is 1.12 bits per heavy atom. The number of ether oxygens (including phenoxy) is 1. The van der Waals surface area contributed by atoms with Crippen LogP contribution in [0.5, 0.6) is 0 Å². The van der Waals surface area contributed by atoms with Crippen LogP contribution in [0.2, 0.25) is 0 Å². The maximum absolute atomic E-state index is 14.4. The van der Waals surface area contributed by atoms with E-state index in [1.165, 1.54) is 18.2 Å². The number of hydrogen-bond acceptors (Lipinski definition) is 5. The molecular formula is C21H16F6N4O2. The summed E-state index contributed by atoms with van der Waals surface area (Å²) in [5.41, 5.74) is 6.31. The molecule has 0 bridgehead atoms. The minimum atomic E-state index is -4.65. The highest BCUT2D eigenvalue weighted by Crippen LogP contribution is 2.32. The molecule has 3 heterocycles. The molecule has 0 saturated carbocycles. The van der Waals surface area contributed by atoms with Gasteiger partial charge >= 0.3 is 6.18 Å². The SMILES string of the molecule is Nc1nc2ccc(C(=O)N(Cc3ccc(C(F)(F)F)cn3)C(F)C(F)F)cc2c2c1COC2. The molecule has 0 spiro atoms. The highest BCUT2D eigenvalue weighted by atomic mass is 19.4. The fourth-order valence-electron chi connectivity index (χ4n) is 3.54. The van der Waals surface area contributed by atoms with E-state index in [1.807, 2.05) is 0 Å². The molecule has 6 nitrogen and oxygen atoms in total. The van der Waals surface area contributed by atoms with Crippen molar-refractivity contribution < 1.29 is 35.9 Å². The number of aromatic nitrogens is 2. The normalized spacial score (nSPS) is 14.5. The highest BCUT2D eigenvalue weighted by molar-refractivity contribution is 5.99. The number of benzene rings is 1. The van der Waals surface area contributed by atoms with E-state index in [2.05, 4.69) is 9.97 Å². The summed E-state index contributed by atoms with van der Waals surface area (Å²) in [7, 11) is 0. The predicted molar refractivity (Wildman–Crippen MR) is 105 cm³/mol. The Kier molecular flexibility index (Phi) is 5.87. The monoisotopic (exact) mass is 470 g/mol. The van der Waals surface area contributed by atoms with Crippen molar-refractivity contribution in [3.63, 3.8) is 0 Å². The third-order valence-electron chi connectivity index (χ3n) is 5.23. The van der Waals surface area contributed by atoms with Gasteiger partial charge in [0.05, 0.1) is 36.5 Å². The maximum atomic E-state index is 14.4. The van der Waals surface area contributed by atoms with Crippen molar-refractivity contribution in [2.75, 3.05) is 5.73 Å². The first kappa shape index (κ1) is 22.8. The number of carbonyl (C=O) groups is 1. The number of rotatable bonds is 5. The molecule has 1 unspecified atom stereocenters. The molecule has 3 aromatic rings. The van der Waals surface area contributed by atoms with E-state index in [0.29, 0.717) is 34.3 Å². The number of alkyl halides is 6. The van der Waals surface area contributed by atoms with Crippen molar-refractivity contribution in [1.82, 2.24) is 14.9 Å². The van der Waals surface area contributed by atoms with Gasteiger partial charge in [0.15, 0.2) is 0 Å². The van der Waals surface area contributed by atoms with Gasteiger partial charge in [-0.25, -0.2) is 18.2 Å². The lowest BCUT2D eigenvalue weighted by Gasteiger charge is -2.26. The average Bonchev–Trinajstić information content (AvgIpc) is 3.27. The molecule has 1 aliphatic rings. The maximum Gasteiger partial charge on any atom is 0.417 e. The van der Waals surface area contributed by atoms with Crippen LogP contribution in [-0.2, 0) is 30.7 Å². The molecule has 0 fully saturated rings. The van der Waals surface area contributed by atoms with E-state index < -0.39 is 36.9 Å². The summed E-state index contributed by atoms with van der Waals surface area (Å²) in [6.07, 6.45) is -10.7. The summed E-state index contributed by atoms with van der Waals surface area (Å²) in [6, 6.07) is 5.68. The summed E-state index contributed by atoms with van der Waals surface area (Å²) in [4.78, 5) is 21.0. The summed E-state index contributed by atoms with van der Waals surface area (Å²) >= 11 is 0. The van der Waals surface area contributed by atoms with Crippen molar-refractivity contribution >= 4 is 22.6 Å². The number of anilines is 1. The Bertz CT molecular complexity index is 1200. The molecule has 2 aromatic heterocycles. The molecule has 4 rings (SSSR count).